The summed E-state index contributed by atoms with van der Waals surface area (Å²) in [5.74, 6) is -3.00. The van der Waals surface area contributed by atoms with Gasteiger partial charge in [-0.05, 0) is 32.0 Å². The van der Waals surface area contributed by atoms with Crippen LogP contribution in [0.3, 0.4) is 0 Å². The quantitative estimate of drug-likeness (QED) is 0.928. The highest BCUT2D eigenvalue weighted by molar-refractivity contribution is 5.79. The fourth-order valence-corrected chi connectivity index (χ4v) is 1.43. The van der Waals surface area contributed by atoms with Gasteiger partial charge >= 0.3 is 5.97 Å². The Kier molecular flexibility index (Phi) is 3.09. The molecule has 2 aromatic rings. The topological polar surface area (TPSA) is 63.3 Å². The molecule has 4 nitrogen and oxygen atoms in total. The summed E-state index contributed by atoms with van der Waals surface area (Å²) in [6.45, 7) is 2.95. The summed E-state index contributed by atoms with van der Waals surface area (Å²) in [5, 5.41) is 9.06. The van der Waals surface area contributed by atoms with Gasteiger partial charge in [-0.1, -0.05) is 0 Å². The van der Waals surface area contributed by atoms with E-state index in [9.17, 15) is 13.6 Å². The van der Waals surface area contributed by atoms with Gasteiger partial charge in [0.25, 0.3) is 0 Å². The van der Waals surface area contributed by atoms with Gasteiger partial charge in [0.2, 0.25) is 5.89 Å². The van der Waals surface area contributed by atoms with Crippen molar-refractivity contribution in [3.63, 3.8) is 0 Å². The van der Waals surface area contributed by atoms with E-state index in [1.807, 2.05) is 0 Å². The number of nitrogens with zero attached hydrogens (tertiary/aromatic N) is 1. The van der Waals surface area contributed by atoms with Crippen molar-refractivity contribution in [1.82, 2.24) is 4.98 Å². The number of hydrogen-bond donors (Lipinski definition) is 1. The smallest absolute Gasteiger partial charge is 0.315 e. The van der Waals surface area contributed by atoms with Gasteiger partial charge in [-0.3, -0.25) is 4.79 Å². The van der Waals surface area contributed by atoms with Crippen molar-refractivity contribution >= 4 is 5.97 Å². The molecule has 0 unspecified atom stereocenters. The minimum absolute atomic E-state index is 0.0447. The van der Waals surface area contributed by atoms with E-state index in [1.165, 1.54) is 26.2 Å². The Morgan fingerprint density at radius 3 is 2.58 bits per heavy atom. The molecule has 1 N–H and O–H groups in total. The van der Waals surface area contributed by atoms with Crippen molar-refractivity contribution in [3.05, 3.63) is 41.8 Å². The first-order chi connectivity index (χ1) is 8.82. The van der Waals surface area contributed by atoms with Crippen LogP contribution in [0.25, 0.3) is 11.5 Å². The predicted octanol–water partition coefficient (Wildman–Crippen LogP) is 2.98. The second-order valence-corrected chi connectivity index (χ2v) is 4.60. The van der Waals surface area contributed by atoms with Gasteiger partial charge in [-0.25, -0.2) is 13.8 Å². The Morgan fingerprint density at radius 2 is 2.00 bits per heavy atom. The third kappa shape index (κ3) is 2.33. The summed E-state index contributed by atoms with van der Waals surface area (Å²) >= 11 is 0. The van der Waals surface area contributed by atoms with E-state index in [-0.39, 0.29) is 17.1 Å². The summed E-state index contributed by atoms with van der Waals surface area (Å²) in [6, 6.07) is 3.21. The lowest BCUT2D eigenvalue weighted by atomic mass is 9.90. The maximum absolute atomic E-state index is 13.1. The minimum Gasteiger partial charge on any atom is -0.481 e. The molecule has 0 aliphatic heterocycles. The van der Waals surface area contributed by atoms with E-state index in [2.05, 4.69) is 4.98 Å². The Morgan fingerprint density at radius 1 is 1.32 bits per heavy atom. The molecule has 100 valence electrons. The number of carbonyl (C=O) groups is 1. The van der Waals surface area contributed by atoms with Crippen molar-refractivity contribution in [3.8, 4) is 11.5 Å². The first kappa shape index (κ1) is 13.2. The fourth-order valence-electron chi connectivity index (χ4n) is 1.43. The first-order valence-corrected chi connectivity index (χ1v) is 5.47. The van der Waals surface area contributed by atoms with Crippen LogP contribution >= 0.6 is 0 Å². The molecular weight excluding hydrogens is 256 g/mol. The molecule has 1 aromatic carbocycles. The normalized spacial score (nSPS) is 11.6. The highest BCUT2D eigenvalue weighted by Crippen LogP contribution is 2.27. The summed E-state index contributed by atoms with van der Waals surface area (Å²) in [5.41, 5.74) is -0.772. The SMILES string of the molecule is CC(C)(C(=O)O)c1coc(-c2ccc(F)c(F)c2)n1. The average Bonchev–Trinajstić information content (AvgIpc) is 2.82. The van der Waals surface area contributed by atoms with E-state index in [0.29, 0.717) is 0 Å². The molecule has 2 rings (SSSR count). The summed E-state index contributed by atoms with van der Waals surface area (Å²) in [7, 11) is 0. The molecule has 0 bridgehead atoms. The molecule has 0 radical (unpaired) electrons. The Labute approximate surface area is 107 Å². The lowest BCUT2D eigenvalue weighted by Crippen LogP contribution is -2.28. The number of hydrogen-bond acceptors (Lipinski definition) is 3. The van der Waals surface area contributed by atoms with Gasteiger partial charge < -0.3 is 9.52 Å². The zero-order valence-corrected chi connectivity index (χ0v) is 10.3. The van der Waals surface area contributed by atoms with Crippen LogP contribution in [0.5, 0.6) is 0 Å². The number of oxazole rings is 1. The second kappa shape index (κ2) is 4.46. The van der Waals surface area contributed by atoms with E-state index < -0.39 is 23.0 Å². The van der Waals surface area contributed by atoms with Gasteiger partial charge in [0, 0.05) is 5.56 Å². The molecular formula is C13H11F2NO3. The number of aliphatic carboxylic acids is 1. The maximum atomic E-state index is 13.1. The van der Waals surface area contributed by atoms with Crippen LogP contribution in [0.2, 0.25) is 0 Å². The van der Waals surface area contributed by atoms with Crippen LogP contribution < -0.4 is 0 Å². The van der Waals surface area contributed by atoms with E-state index in [4.69, 9.17) is 9.52 Å². The number of halogens is 2. The number of aromatic nitrogens is 1. The molecule has 0 amide bonds. The third-order valence-corrected chi connectivity index (χ3v) is 2.85. The van der Waals surface area contributed by atoms with Crippen LogP contribution in [-0.4, -0.2) is 16.1 Å². The molecule has 0 saturated heterocycles. The monoisotopic (exact) mass is 267 g/mol. The van der Waals surface area contributed by atoms with Crippen molar-refractivity contribution in [2.45, 2.75) is 19.3 Å². The predicted molar refractivity (Wildman–Crippen MR) is 62.5 cm³/mol. The molecule has 1 aromatic heterocycles. The highest BCUT2D eigenvalue weighted by atomic mass is 19.2. The number of carboxylic acid groups (broad SMARTS) is 1. The standard InChI is InChI=1S/C13H11F2NO3/c1-13(2,12(17)18)10-6-19-11(16-10)7-3-4-8(14)9(15)5-7/h3-6H,1-2H3,(H,17,18). The fraction of sp³-hybridized carbons (Fsp3) is 0.231. The van der Waals surface area contributed by atoms with Gasteiger partial charge in [0.05, 0.1) is 5.69 Å². The van der Waals surface area contributed by atoms with Gasteiger partial charge in [-0.2, -0.15) is 0 Å². The van der Waals surface area contributed by atoms with E-state index in [1.54, 1.807) is 0 Å². The summed E-state index contributed by atoms with van der Waals surface area (Å²) in [6.07, 6.45) is 1.20. The van der Waals surface area contributed by atoms with Crippen LogP contribution in [-0.2, 0) is 10.2 Å². The van der Waals surface area contributed by atoms with Crippen LogP contribution in [0.1, 0.15) is 19.5 Å². The number of benzene rings is 1. The third-order valence-electron chi connectivity index (χ3n) is 2.85. The molecule has 0 fully saturated rings. The van der Waals surface area contributed by atoms with E-state index >= 15 is 0 Å². The molecule has 0 aliphatic rings. The zero-order chi connectivity index (χ0) is 14.2. The lowest BCUT2D eigenvalue weighted by molar-refractivity contribution is -0.142. The Bertz CT molecular complexity index is 635. The summed E-state index contributed by atoms with van der Waals surface area (Å²) in [4.78, 5) is 15.1. The van der Waals surface area contributed by atoms with Crippen molar-refractivity contribution in [1.29, 1.82) is 0 Å². The lowest BCUT2D eigenvalue weighted by Gasteiger charge is -2.14. The molecule has 0 saturated carbocycles. The number of rotatable bonds is 3. The highest BCUT2D eigenvalue weighted by Gasteiger charge is 2.33. The summed E-state index contributed by atoms with van der Waals surface area (Å²) < 4.78 is 31.0. The van der Waals surface area contributed by atoms with E-state index in [0.717, 1.165) is 12.1 Å². The largest absolute Gasteiger partial charge is 0.481 e. The van der Waals surface area contributed by atoms with Gasteiger partial charge in [0.15, 0.2) is 11.6 Å². The van der Waals surface area contributed by atoms with Crippen LogP contribution in [0.4, 0.5) is 8.78 Å². The van der Waals surface area contributed by atoms with Gasteiger partial charge in [0.1, 0.15) is 11.7 Å². The molecule has 0 atom stereocenters. The average molecular weight is 267 g/mol. The Hall–Kier alpha value is -2.24. The first-order valence-electron chi connectivity index (χ1n) is 5.47. The molecule has 0 spiro atoms. The molecule has 6 heteroatoms. The minimum atomic E-state index is -1.22. The second-order valence-electron chi connectivity index (χ2n) is 4.60. The van der Waals surface area contributed by atoms with Crippen LogP contribution in [0, 0.1) is 11.6 Å². The zero-order valence-electron chi connectivity index (χ0n) is 10.3. The van der Waals surface area contributed by atoms with Crippen LogP contribution in [0.15, 0.2) is 28.9 Å². The van der Waals surface area contributed by atoms with Crippen molar-refractivity contribution in [2.75, 3.05) is 0 Å². The van der Waals surface area contributed by atoms with Crippen molar-refractivity contribution < 1.29 is 23.1 Å². The van der Waals surface area contributed by atoms with Crippen molar-refractivity contribution in [2.24, 2.45) is 0 Å². The molecule has 0 aliphatic carbocycles. The number of carboxylic acids is 1. The molecule has 1 heterocycles. The Balaban J connectivity index is 2.41. The maximum Gasteiger partial charge on any atom is 0.315 e. The molecule has 19 heavy (non-hydrogen) atoms. The van der Waals surface area contributed by atoms with Gasteiger partial charge in [-0.15, -0.1) is 0 Å².